The molecule has 0 aliphatic carbocycles. The summed E-state index contributed by atoms with van der Waals surface area (Å²) in [5.74, 6) is 0.170. The Hall–Kier alpha value is -1.88. The standard InChI is InChI=1S/C16H19NO4/c18-14-6-12-8-15(9-13(7-14)17(12)16(19)20)21-10-11-4-2-1-3-5-11/h1-5,12-13,15H,6-10H2,(H,19,20). The summed E-state index contributed by atoms with van der Waals surface area (Å²) in [6, 6.07) is 9.49. The monoisotopic (exact) mass is 289 g/mol. The van der Waals surface area contributed by atoms with Crippen molar-refractivity contribution in [3.05, 3.63) is 35.9 Å². The molecule has 0 aromatic heterocycles. The molecule has 0 saturated carbocycles. The Kier molecular flexibility index (Phi) is 3.92. The zero-order valence-electron chi connectivity index (χ0n) is 11.8. The molecule has 112 valence electrons. The van der Waals surface area contributed by atoms with Crippen LogP contribution in [0.2, 0.25) is 0 Å². The Balaban J connectivity index is 1.63. The van der Waals surface area contributed by atoms with E-state index in [1.165, 1.54) is 4.90 Å². The molecule has 0 radical (unpaired) electrons. The lowest BCUT2D eigenvalue weighted by molar-refractivity contribution is -0.129. The van der Waals surface area contributed by atoms with E-state index in [9.17, 15) is 14.7 Å². The van der Waals surface area contributed by atoms with Crippen molar-refractivity contribution in [2.75, 3.05) is 0 Å². The van der Waals surface area contributed by atoms with Gasteiger partial charge >= 0.3 is 6.09 Å². The first-order valence-corrected chi connectivity index (χ1v) is 7.32. The summed E-state index contributed by atoms with van der Waals surface area (Å²) < 4.78 is 5.94. The first kappa shape index (κ1) is 14.1. The molecule has 2 aliphatic rings. The van der Waals surface area contributed by atoms with Gasteiger partial charge in [-0.2, -0.15) is 0 Å². The molecule has 2 bridgehead atoms. The highest BCUT2D eigenvalue weighted by atomic mass is 16.5. The molecule has 0 spiro atoms. The molecule has 2 fully saturated rings. The molecule has 5 nitrogen and oxygen atoms in total. The van der Waals surface area contributed by atoms with Crippen molar-refractivity contribution in [3.8, 4) is 0 Å². The van der Waals surface area contributed by atoms with Gasteiger partial charge in [-0.25, -0.2) is 4.79 Å². The van der Waals surface area contributed by atoms with Crippen LogP contribution < -0.4 is 0 Å². The molecule has 2 aliphatic heterocycles. The maximum atomic E-state index is 11.7. The summed E-state index contributed by atoms with van der Waals surface area (Å²) >= 11 is 0. The number of carboxylic acid groups (broad SMARTS) is 1. The van der Waals surface area contributed by atoms with Crippen LogP contribution in [-0.2, 0) is 16.1 Å². The summed E-state index contributed by atoms with van der Waals surface area (Å²) in [5, 5.41) is 9.30. The van der Waals surface area contributed by atoms with Crippen LogP contribution in [0.4, 0.5) is 4.79 Å². The minimum absolute atomic E-state index is 0.0314. The first-order chi connectivity index (χ1) is 10.1. The summed E-state index contributed by atoms with van der Waals surface area (Å²) in [4.78, 5) is 24.5. The third-order valence-electron chi connectivity index (χ3n) is 4.33. The van der Waals surface area contributed by atoms with Gasteiger partial charge in [-0.05, 0) is 18.4 Å². The fraction of sp³-hybridized carbons (Fsp3) is 0.500. The molecular formula is C16H19NO4. The minimum atomic E-state index is -0.918. The normalized spacial score (nSPS) is 28.5. The summed E-state index contributed by atoms with van der Waals surface area (Å²) in [6.07, 6.45) is 0.994. The number of ketones is 1. The minimum Gasteiger partial charge on any atom is -0.465 e. The molecule has 1 amide bonds. The smallest absolute Gasteiger partial charge is 0.407 e. The number of amides is 1. The van der Waals surface area contributed by atoms with Gasteiger partial charge in [0.15, 0.2) is 0 Å². The average Bonchev–Trinajstić information content (AvgIpc) is 2.44. The van der Waals surface area contributed by atoms with E-state index < -0.39 is 6.09 Å². The van der Waals surface area contributed by atoms with Gasteiger partial charge in [0.25, 0.3) is 0 Å². The number of benzene rings is 1. The zero-order valence-corrected chi connectivity index (χ0v) is 11.8. The fourth-order valence-corrected chi connectivity index (χ4v) is 3.44. The number of carbonyl (C=O) groups is 2. The predicted molar refractivity (Wildman–Crippen MR) is 75.9 cm³/mol. The van der Waals surface area contributed by atoms with Gasteiger partial charge in [-0.1, -0.05) is 30.3 Å². The number of hydrogen-bond acceptors (Lipinski definition) is 3. The largest absolute Gasteiger partial charge is 0.465 e. The van der Waals surface area contributed by atoms with Crippen LogP contribution in [0.1, 0.15) is 31.2 Å². The Morgan fingerprint density at radius 2 is 1.81 bits per heavy atom. The van der Waals surface area contributed by atoms with E-state index in [4.69, 9.17) is 4.74 Å². The molecule has 1 aromatic carbocycles. The lowest BCUT2D eigenvalue weighted by Crippen LogP contribution is -2.57. The number of piperidine rings is 2. The molecule has 2 atom stereocenters. The summed E-state index contributed by atoms with van der Waals surface area (Å²) in [5.41, 5.74) is 1.11. The van der Waals surface area contributed by atoms with E-state index in [0.717, 1.165) is 5.56 Å². The number of nitrogens with zero attached hydrogens (tertiary/aromatic N) is 1. The van der Waals surface area contributed by atoms with Crippen molar-refractivity contribution in [3.63, 3.8) is 0 Å². The van der Waals surface area contributed by atoms with Crippen LogP contribution in [0.3, 0.4) is 0 Å². The number of fused-ring (bicyclic) bond motifs is 2. The Morgan fingerprint density at radius 3 is 2.38 bits per heavy atom. The molecular weight excluding hydrogens is 270 g/mol. The highest BCUT2D eigenvalue weighted by Crippen LogP contribution is 2.34. The number of carbonyl (C=O) groups excluding carboxylic acids is 1. The number of hydrogen-bond donors (Lipinski definition) is 1. The number of Topliss-reactive ketones (excluding diaryl/α,β-unsaturated/α-hetero) is 1. The predicted octanol–water partition coefficient (Wildman–Crippen LogP) is 2.45. The molecule has 2 heterocycles. The third kappa shape index (κ3) is 3.08. The third-order valence-corrected chi connectivity index (χ3v) is 4.33. The maximum Gasteiger partial charge on any atom is 0.407 e. The fourth-order valence-electron chi connectivity index (χ4n) is 3.44. The molecule has 2 unspecified atom stereocenters. The van der Waals surface area contributed by atoms with Gasteiger partial charge in [0, 0.05) is 24.9 Å². The quantitative estimate of drug-likeness (QED) is 0.928. The van der Waals surface area contributed by atoms with E-state index in [2.05, 4.69) is 0 Å². The Morgan fingerprint density at radius 1 is 1.19 bits per heavy atom. The van der Waals surface area contributed by atoms with E-state index in [-0.39, 0.29) is 24.0 Å². The van der Waals surface area contributed by atoms with Crippen molar-refractivity contribution < 1.29 is 19.4 Å². The lowest BCUT2D eigenvalue weighted by Gasteiger charge is -2.46. The van der Waals surface area contributed by atoms with Gasteiger partial charge in [0.2, 0.25) is 0 Å². The Bertz CT molecular complexity index is 512. The van der Waals surface area contributed by atoms with Gasteiger partial charge in [0.05, 0.1) is 12.7 Å². The van der Waals surface area contributed by atoms with Crippen LogP contribution in [0.15, 0.2) is 30.3 Å². The van der Waals surface area contributed by atoms with Crippen LogP contribution >= 0.6 is 0 Å². The van der Waals surface area contributed by atoms with Crippen molar-refractivity contribution in [2.45, 2.75) is 50.5 Å². The van der Waals surface area contributed by atoms with Gasteiger partial charge < -0.3 is 14.7 Å². The number of ether oxygens (including phenoxy) is 1. The van der Waals surface area contributed by atoms with Gasteiger partial charge in [-0.15, -0.1) is 0 Å². The van der Waals surface area contributed by atoms with Crippen LogP contribution in [0.5, 0.6) is 0 Å². The van der Waals surface area contributed by atoms with Crippen LogP contribution in [-0.4, -0.2) is 40.1 Å². The molecule has 1 N–H and O–H groups in total. The summed E-state index contributed by atoms with van der Waals surface area (Å²) in [6.45, 7) is 0.534. The average molecular weight is 289 g/mol. The van der Waals surface area contributed by atoms with Crippen molar-refractivity contribution in [1.29, 1.82) is 0 Å². The topological polar surface area (TPSA) is 66.8 Å². The molecule has 1 aromatic rings. The lowest BCUT2D eigenvalue weighted by atomic mass is 9.82. The van der Waals surface area contributed by atoms with E-state index in [0.29, 0.717) is 32.3 Å². The molecule has 21 heavy (non-hydrogen) atoms. The number of rotatable bonds is 3. The van der Waals surface area contributed by atoms with E-state index in [1.807, 2.05) is 30.3 Å². The highest BCUT2D eigenvalue weighted by molar-refractivity contribution is 5.83. The van der Waals surface area contributed by atoms with Crippen LogP contribution in [0, 0.1) is 0 Å². The highest BCUT2D eigenvalue weighted by Gasteiger charge is 2.44. The van der Waals surface area contributed by atoms with E-state index in [1.54, 1.807) is 0 Å². The van der Waals surface area contributed by atoms with Crippen molar-refractivity contribution in [2.24, 2.45) is 0 Å². The molecule has 3 rings (SSSR count). The SMILES string of the molecule is O=C1CC2CC(OCc3ccccc3)CC(C1)N2C(=O)O. The second kappa shape index (κ2) is 5.85. The zero-order chi connectivity index (χ0) is 14.8. The van der Waals surface area contributed by atoms with Crippen LogP contribution in [0.25, 0.3) is 0 Å². The molecule has 5 heteroatoms. The maximum absolute atomic E-state index is 11.7. The van der Waals surface area contributed by atoms with Crippen molar-refractivity contribution in [1.82, 2.24) is 4.90 Å². The Labute approximate surface area is 123 Å². The van der Waals surface area contributed by atoms with E-state index >= 15 is 0 Å². The van der Waals surface area contributed by atoms with Crippen molar-refractivity contribution >= 4 is 11.9 Å². The second-order valence-corrected chi connectivity index (χ2v) is 5.83. The van der Waals surface area contributed by atoms with Gasteiger partial charge in [-0.3, -0.25) is 4.79 Å². The molecule has 2 saturated heterocycles. The summed E-state index contributed by atoms with van der Waals surface area (Å²) in [7, 11) is 0. The first-order valence-electron chi connectivity index (χ1n) is 7.32. The second-order valence-electron chi connectivity index (χ2n) is 5.83. The van der Waals surface area contributed by atoms with Gasteiger partial charge in [0.1, 0.15) is 5.78 Å².